The van der Waals surface area contributed by atoms with E-state index in [4.69, 9.17) is 5.26 Å². The molecule has 0 radical (unpaired) electrons. The Bertz CT molecular complexity index is 99.6. The standard InChI is InChI=1S/C6H12NP/c1-3-6(8,4-2)5-7/h3-4,8H2,1-2H3. The van der Waals surface area contributed by atoms with Gasteiger partial charge in [-0.05, 0) is 12.8 Å². The summed E-state index contributed by atoms with van der Waals surface area (Å²) in [5.41, 5.74) is 0. The van der Waals surface area contributed by atoms with Crippen LogP contribution in [0, 0.1) is 11.3 Å². The summed E-state index contributed by atoms with van der Waals surface area (Å²) >= 11 is 0. The summed E-state index contributed by atoms with van der Waals surface area (Å²) in [5.74, 6) is 0. The quantitative estimate of drug-likeness (QED) is 0.523. The largest absolute Gasteiger partial charge is 0.197 e. The Morgan fingerprint density at radius 2 is 1.88 bits per heavy atom. The van der Waals surface area contributed by atoms with Crippen molar-refractivity contribution in [1.82, 2.24) is 0 Å². The van der Waals surface area contributed by atoms with E-state index in [0.717, 1.165) is 12.8 Å². The Morgan fingerprint density at radius 1 is 1.50 bits per heavy atom. The van der Waals surface area contributed by atoms with Crippen molar-refractivity contribution >= 4 is 9.24 Å². The summed E-state index contributed by atoms with van der Waals surface area (Å²) in [7, 11) is 2.58. The van der Waals surface area contributed by atoms with E-state index in [1.807, 2.05) is 13.8 Å². The third-order valence-corrected chi connectivity index (χ3v) is 2.43. The number of nitriles is 1. The van der Waals surface area contributed by atoms with E-state index in [-0.39, 0.29) is 5.16 Å². The molecule has 1 nitrogen and oxygen atoms in total. The maximum absolute atomic E-state index is 8.51. The van der Waals surface area contributed by atoms with Crippen LogP contribution in [0.1, 0.15) is 26.7 Å². The van der Waals surface area contributed by atoms with E-state index in [0.29, 0.717) is 0 Å². The molecule has 0 N–H and O–H groups in total. The van der Waals surface area contributed by atoms with E-state index < -0.39 is 0 Å². The highest BCUT2D eigenvalue weighted by molar-refractivity contribution is 7.19. The van der Waals surface area contributed by atoms with Gasteiger partial charge in [0.2, 0.25) is 0 Å². The maximum atomic E-state index is 8.51. The normalized spacial score (nSPS) is 10.8. The molecule has 0 saturated heterocycles. The van der Waals surface area contributed by atoms with Crippen LogP contribution in [0.25, 0.3) is 0 Å². The molecule has 0 aromatic carbocycles. The van der Waals surface area contributed by atoms with Gasteiger partial charge in [0.25, 0.3) is 0 Å². The minimum Gasteiger partial charge on any atom is -0.197 e. The monoisotopic (exact) mass is 129 g/mol. The minimum atomic E-state index is -0.153. The predicted octanol–water partition coefficient (Wildman–Crippen LogP) is 1.94. The number of rotatable bonds is 2. The van der Waals surface area contributed by atoms with Crippen molar-refractivity contribution in [3.05, 3.63) is 0 Å². The molecule has 0 aliphatic rings. The molecule has 0 amide bonds. The van der Waals surface area contributed by atoms with Crippen molar-refractivity contribution in [3.8, 4) is 6.07 Å². The van der Waals surface area contributed by atoms with Crippen LogP contribution in [0.3, 0.4) is 0 Å². The molecule has 0 aliphatic heterocycles. The average molecular weight is 129 g/mol. The Morgan fingerprint density at radius 3 is 1.88 bits per heavy atom. The van der Waals surface area contributed by atoms with Crippen molar-refractivity contribution in [2.45, 2.75) is 31.8 Å². The lowest BCUT2D eigenvalue weighted by molar-refractivity contribution is 0.672. The van der Waals surface area contributed by atoms with Crippen molar-refractivity contribution < 1.29 is 0 Å². The van der Waals surface area contributed by atoms with Gasteiger partial charge in [-0.1, -0.05) is 13.8 Å². The molecule has 0 saturated carbocycles. The van der Waals surface area contributed by atoms with Crippen LogP contribution in [-0.2, 0) is 0 Å². The van der Waals surface area contributed by atoms with Crippen LogP contribution in [0.4, 0.5) is 0 Å². The van der Waals surface area contributed by atoms with Gasteiger partial charge < -0.3 is 0 Å². The molecule has 2 heteroatoms. The highest BCUT2D eigenvalue weighted by Gasteiger charge is 2.17. The molecule has 0 heterocycles. The molecule has 46 valence electrons. The molecule has 1 atom stereocenters. The van der Waals surface area contributed by atoms with Crippen molar-refractivity contribution in [3.63, 3.8) is 0 Å². The lowest BCUT2D eigenvalue weighted by atomic mass is 10.1. The maximum Gasteiger partial charge on any atom is 0.0730 e. The first-order valence-corrected chi connectivity index (χ1v) is 3.46. The third kappa shape index (κ3) is 1.80. The van der Waals surface area contributed by atoms with Gasteiger partial charge in [0.15, 0.2) is 0 Å². The number of hydrogen-bond acceptors (Lipinski definition) is 1. The minimum absolute atomic E-state index is 0.153. The van der Waals surface area contributed by atoms with E-state index in [2.05, 4.69) is 15.3 Å². The first-order chi connectivity index (χ1) is 3.68. The van der Waals surface area contributed by atoms with E-state index in [1.165, 1.54) is 0 Å². The fourth-order valence-corrected chi connectivity index (χ4v) is 0.408. The average Bonchev–Trinajstić information content (AvgIpc) is 1.87. The van der Waals surface area contributed by atoms with Crippen LogP contribution >= 0.6 is 9.24 Å². The zero-order valence-corrected chi connectivity index (χ0v) is 6.59. The van der Waals surface area contributed by atoms with Gasteiger partial charge in [-0.15, -0.1) is 9.24 Å². The molecule has 0 spiro atoms. The highest BCUT2D eigenvalue weighted by atomic mass is 31.0. The second-order valence-electron chi connectivity index (χ2n) is 1.98. The molecule has 0 fully saturated rings. The second kappa shape index (κ2) is 3.05. The van der Waals surface area contributed by atoms with Crippen molar-refractivity contribution in [1.29, 1.82) is 5.26 Å². The Balaban J connectivity index is 3.83. The van der Waals surface area contributed by atoms with Crippen LogP contribution in [0.2, 0.25) is 0 Å². The number of hydrogen-bond donors (Lipinski definition) is 0. The molecule has 1 unspecified atom stereocenters. The third-order valence-electron chi connectivity index (χ3n) is 1.48. The Hall–Kier alpha value is -0.0800. The van der Waals surface area contributed by atoms with E-state index in [1.54, 1.807) is 0 Å². The summed E-state index contributed by atoms with van der Waals surface area (Å²) in [6.45, 7) is 4.06. The van der Waals surface area contributed by atoms with Gasteiger partial charge in [0.1, 0.15) is 0 Å². The Kier molecular flexibility index (Phi) is 3.02. The first kappa shape index (κ1) is 7.92. The summed E-state index contributed by atoms with van der Waals surface area (Å²) in [4.78, 5) is 0. The van der Waals surface area contributed by atoms with Gasteiger partial charge in [-0.25, -0.2) is 0 Å². The van der Waals surface area contributed by atoms with Gasteiger partial charge in [-0.2, -0.15) is 5.26 Å². The van der Waals surface area contributed by atoms with E-state index >= 15 is 0 Å². The van der Waals surface area contributed by atoms with Crippen LogP contribution < -0.4 is 0 Å². The molecule has 0 aromatic heterocycles. The predicted molar refractivity (Wildman–Crippen MR) is 38.6 cm³/mol. The second-order valence-corrected chi connectivity index (χ2v) is 3.08. The van der Waals surface area contributed by atoms with Crippen molar-refractivity contribution in [2.75, 3.05) is 0 Å². The topological polar surface area (TPSA) is 23.8 Å². The fourth-order valence-electron chi connectivity index (χ4n) is 0.408. The summed E-state index contributed by atoms with van der Waals surface area (Å²) in [5, 5.41) is 8.36. The molecule has 0 bridgehead atoms. The van der Waals surface area contributed by atoms with Gasteiger partial charge >= 0.3 is 0 Å². The SMILES string of the molecule is CCC(P)(C#N)CC. The number of nitrogens with zero attached hydrogens (tertiary/aromatic N) is 1. The molecule has 0 rings (SSSR count). The van der Waals surface area contributed by atoms with Gasteiger partial charge in [-0.3, -0.25) is 0 Å². The first-order valence-electron chi connectivity index (χ1n) is 2.88. The lowest BCUT2D eigenvalue weighted by Gasteiger charge is -2.14. The van der Waals surface area contributed by atoms with Gasteiger partial charge in [0, 0.05) is 0 Å². The van der Waals surface area contributed by atoms with Crippen LogP contribution in [-0.4, -0.2) is 5.16 Å². The molecular formula is C6H12NP. The van der Waals surface area contributed by atoms with Crippen LogP contribution in [0.5, 0.6) is 0 Å². The summed E-state index contributed by atoms with van der Waals surface area (Å²) in [6.07, 6.45) is 1.84. The molecular weight excluding hydrogens is 117 g/mol. The fraction of sp³-hybridized carbons (Fsp3) is 0.833. The van der Waals surface area contributed by atoms with Gasteiger partial charge in [0.05, 0.1) is 11.2 Å². The zero-order valence-electron chi connectivity index (χ0n) is 5.44. The van der Waals surface area contributed by atoms with Crippen molar-refractivity contribution in [2.24, 2.45) is 0 Å². The smallest absolute Gasteiger partial charge is 0.0730 e. The lowest BCUT2D eigenvalue weighted by Crippen LogP contribution is -2.13. The highest BCUT2D eigenvalue weighted by Crippen LogP contribution is 2.24. The molecule has 0 aromatic rings. The Labute approximate surface area is 53.3 Å². The summed E-state index contributed by atoms with van der Waals surface area (Å²) < 4.78 is 0. The zero-order chi connectivity index (χ0) is 6.62. The van der Waals surface area contributed by atoms with Crippen LogP contribution in [0.15, 0.2) is 0 Å². The van der Waals surface area contributed by atoms with E-state index in [9.17, 15) is 0 Å². The summed E-state index contributed by atoms with van der Waals surface area (Å²) in [6, 6.07) is 2.24. The molecule has 8 heavy (non-hydrogen) atoms. The molecule has 0 aliphatic carbocycles.